The number of nitrogens with zero attached hydrogens (tertiary/aromatic N) is 5. The summed E-state index contributed by atoms with van der Waals surface area (Å²) < 4.78 is 4.34. The van der Waals surface area contributed by atoms with Crippen LogP contribution in [0.1, 0.15) is 19.3 Å². The minimum absolute atomic E-state index is 0.216. The average molecular weight is 433 g/mol. The molecule has 1 saturated heterocycles. The first-order valence-corrected chi connectivity index (χ1v) is 9.65. The number of piperidine rings is 1. The number of hydrogen-bond donors (Lipinski definition) is 2. The van der Waals surface area contributed by atoms with Crippen molar-refractivity contribution in [3.05, 3.63) is 29.1 Å². The molecule has 0 bridgehead atoms. The normalized spacial score (nSPS) is 15.6. The number of halogens is 1. The maximum absolute atomic E-state index is 10.9. The third-order valence-corrected chi connectivity index (χ3v) is 5.89. The number of rotatable bonds is 4. The lowest BCUT2D eigenvalue weighted by atomic mass is 9.94. The molecule has 8 nitrogen and oxygen atoms in total. The van der Waals surface area contributed by atoms with Crippen LogP contribution in [0.25, 0.3) is 16.8 Å². The van der Waals surface area contributed by atoms with Crippen molar-refractivity contribution in [2.45, 2.75) is 19.3 Å². The predicted molar refractivity (Wildman–Crippen MR) is 107 cm³/mol. The molecule has 0 unspecified atom stereocenters. The highest BCUT2D eigenvalue weighted by atomic mass is 79.9. The van der Waals surface area contributed by atoms with E-state index in [0.717, 1.165) is 47.3 Å². The number of nitrogens with two attached hydrogens (primary N) is 1. The van der Waals surface area contributed by atoms with E-state index in [1.54, 1.807) is 10.7 Å². The quantitative estimate of drug-likeness (QED) is 0.656. The van der Waals surface area contributed by atoms with E-state index in [4.69, 9.17) is 15.8 Å². The summed E-state index contributed by atoms with van der Waals surface area (Å²) >= 11 is 3.57. The topological polar surface area (TPSA) is 102 Å². The van der Waals surface area contributed by atoms with Gasteiger partial charge in [-0.3, -0.25) is 4.79 Å². The Kier molecular flexibility index (Phi) is 4.55. The number of aromatic nitrogens is 4. The highest BCUT2D eigenvalue weighted by Crippen LogP contribution is 2.36. The second-order valence-electron chi connectivity index (χ2n) is 7.02. The monoisotopic (exact) mass is 432 g/mol. The molecule has 0 radical (unpaired) electrons. The van der Waals surface area contributed by atoms with Gasteiger partial charge in [0.15, 0.2) is 5.65 Å². The standard InChI is InChI=1S/C18H21BrN6O2/c1-23-5-4-12(10-23)13-9-21-25-16(20)15(19)18(22-17(13)25)24-6-2-11(3-7-24)8-14(26)27/h4-5,9-11H,2-3,6-8,20H2,1H3,(H,26,27). The van der Waals surface area contributed by atoms with Gasteiger partial charge in [0.25, 0.3) is 0 Å². The Balaban J connectivity index is 1.69. The summed E-state index contributed by atoms with van der Waals surface area (Å²) in [5.41, 5.74) is 8.99. The lowest BCUT2D eigenvalue weighted by Gasteiger charge is -2.33. The summed E-state index contributed by atoms with van der Waals surface area (Å²) in [6.07, 6.45) is 7.67. The first-order chi connectivity index (χ1) is 12.9. The van der Waals surface area contributed by atoms with E-state index in [1.807, 2.05) is 30.1 Å². The van der Waals surface area contributed by atoms with E-state index in [1.165, 1.54) is 0 Å². The Hall–Kier alpha value is -2.55. The average Bonchev–Trinajstić information content (AvgIpc) is 3.24. The molecule has 1 aliphatic rings. The highest BCUT2D eigenvalue weighted by molar-refractivity contribution is 9.10. The SMILES string of the molecule is Cn1ccc(-c2cnn3c(N)c(Br)c(N4CCC(CC(=O)O)CC4)nc23)c1. The van der Waals surface area contributed by atoms with E-state index >= 15 is 0 Å². The fourth-order valence-electron chi connectivity index (χ4n) is 3.65. The molecule has 0 atom stereocenters. The van der Waals surface area contributed by atoms with E-state index in [0.29, 0.717) is 11.5 Å². The Morgan fingerprint density at radius 3 is 2.78 bits per heavy atom. The van der Waals surface area contributed by atoms with Crippen LogP contribution in [0.2, 0.25) is 0 Å². The van der Waals surface area contributed by atoms with Crippen LogP contribution in [0.3, 0.4) is 0 Å². The van der Waals surface area contributed by atoms with Crippen molar-refractivity contribution in [1.29, 1.82) is 0 Å². The van der Waals surface area contributed by atoms with Gasteiger partial charge in [0.2, 0.25) is 0 Å². The van der Waals surface area contributed by atoms with Crippen molar-refractivity contribution in [2.24, 2.45) is 13.0 Å². The van der Waals surface area contributed by atoms with E-state index in [-0.39, 0.29) is 12.3 Å². The molecule has 9 heteroatoms. The largest absolute Gasteiger partial charge is 0.481 e. The first-order valence-electron chi connectivity index (χ1n) is 8.86. The van der Waals surface area contributed by atoms with Gasteiger partial charge in [-0.25, -0.2) is 4.98 Å². The van der Waals surface area contributed by atoms with Crippen molar-refractivity contribution < 1.29 is 9.90 Å². The molecule has 4 heterocycles. The molecule has 27 heavy (non-hydrogen) atoms. The number of aryl methyl sites for hydroxylation is 1. The van der Waals surface area contributed by atoms with Crippen LogP contribution >= 0.6 is 15.9 Å². The Bertz CT molecular complexity index is 1000. The number of hydrogen-bond acceptors (Lipinski definition) is 5. The second-order valence-corrected chi connectivity index (χ2v) is 7.82. The van der Waals surface area contributed by atoms with Gasteiger partial charge in [-0.15, -0.1) is 0 Å². The van der Waals surface area contributed by atoms with Crippen LogP contribution < -0.4 is 10.6 Å². The first kappa shape index (κ1) is 17.8. The zero-order chi connectivity index (χ0) is 19.1. The maximum atomic E-state index is 10.9. The zero-order valence-electron chi connectivity index (χ0n) is 15.0. The number of carboxylic acid groups (broad SMARTS) is 1. The molecule has 0 amide bonds. The number of anilines is 2. The molecule has 0 spiro atoms. The number of nitrogen functional groups attached to an aromatic ring is 1. The molecular formula is C18H21BrN6O2. The Labute approximate surface area is 164 Å². The van der Waals surface area contributed by atoms with E-state index in [9.17, 15) is 4.79 Å². The van der Waals surface area contributed by atoms with Gasteiger partial charge in [-0.2, -0.15) is 9.61 Å². The van der Waals surface area contributed by atoms with E-state index in [2.05, 4.69) is 25.9 Å². The van der Waals surface area contributed by atoms with Crippen LogP contribution in [0.4, 0.5) is 11.6 Å². The van der Waals surface area contributed by atoms with Gasteiger partial charge in [-0.05, 0) is 40.8 Å². The number of carbonyl (C=O) groups is 1. The summed E-state index contributed by atoms with van der Waals surface area (Å²) in [7, 11) is 1.97. The van der Waals surface area contributed by atoms with Crippen LogP contribution in [0.15, 0.2) is 29.1 Å². The van der Waals surface area contributed by atoms with Crippen LogP contribution in [-0.4, -0.2) is 43.3 Å². The third kappa shape index (κ3) is 3.27. The highest BCUT2D eigenvalue weighted by Gasteiger charge is 2.25. The summed E-state index contributed by atoms with van der Waals surface area (Å²) in [6.45, 7) is 1.52. The molecule has 0 aliphatic carbocycles. The lowest BCUT2D eigenvalue weighted by molar-refractivity contribution is -0.138. The molecule has 142 valence electrons. The summed E-state index contributed by atoms with van der Waals surface area (Å²) in [5.74, 6) is 0.773. The number of aliphatic carboxylic acids is 1. The van der Waals surface area contributed by atoms with Crippen LogP contribution in [0, 0.1) is 5.92 Å². The van der Waals surface area contributed by atoms with Gasteiger partial charge < -0.3 is 20.3 Å². The molecule has 4 rings (SSSR count). The molecule has 0 saturated carbocycles. The van der Waals surface area contributed by atoms with Gasteiger partial charge in [0, 0.05) is 50.1 Å². The summed E-state index contributed by atoms with van der Waals surface area (Å²) in [5, 5.41) is 13.4. The minimum Gasteiger partial charge on any atom is -0.481 e. The molecule has 3 N–H and O–H groups in total. The van der Waals surface area contributed by atoms with Crippen molar-refractivity contribution in [3.8, 4) is 11.1 Å². The van der Waals surface area contributed by atoms with Gasteiger partial charge in [-0.1, -0.05) is 0 Å². The third-order valence-electron chi connectivity index (χ3n) is 5.13. The maximum Gasteiger partial charge on any atom is 0.303 e. The fraction of sp³-hybridized carbons (Fsp3) is 0.389. The molecule has 3 aromatic rings. The van der Waals surface area contributed by atoms with E-state index < -0.39 is 5.97 Å². The summed E-state index contributed by atoms with van der Waals surface area (Å²) in [6, 6.07) is 2.02. The van der Waals surface area contributed by atoms with Crippen molar-refractivity contribution in [1.82, 2.24) is 19.2 Å². The van der Waals surface area contributed by atoms with Crippen molar-refractivity contribution in [2.75, 3.05) is 23.7 Å². The van der Waals surface area contributed by atoms with Crippen molar-refractivity contribution in [3.63, 3.8) is 0 Å². The minimum atomic E-state index is -0.731. The van der Waals surface area contributed by atoms with Gasteiger partial charge in [0.1, 0.15) is 16.1 Å². The molecule has 1 fully saturated rings. The predicted octanol–water partition coefficient (Wildman–Crippen LogP) is 2.77. The molecule has 1 aliphatic heterocycles. The Morgan fingerprint density at radius 1 is 1.41 bits per heavy atom. The molecular weight excluding hydrogens is 412 g/mol. The van der Waals surface area contributed by atoms with Crippen LogP contribution in [-0.2, 0) is 11.8 Å². The zero-order valence-corrected chi connectivity index (χ0v) is 16.6. The van der Waals surface area contributed by atoms with Gasteiger partial charge >= 0.3 is 5.97 Å². The number of fused-ring (bicyclic) bond motifs is 1. The lowest BCUT2D eigenvalue weighted by Crippen LogP contribution is -2.35. The number of carboxylic acids is 1. The molecule has 0 aromatic carbocycles. The van der Waals surface area contributed by atoms with Crippen LogP contribution in [0.5, 0.6) is 0 Å². The van der Waals surface area contributed by atoms with Gasteiger partial charge in [0.05, 0.1) is 6.20 Å². The molecule has 3 aromatic heterocycles. The summed E-state index contributed by atoms with van der Waals surface area (Å²) in [4.78, 5) is 18.0. The Morgan fingerprint density at radius 2 is 2.15 bits per heavy atom. The smallest absolute Gasteiger partial charge is 0.303 e. The van der Waals surface area contributed by atoms with Crippen molar-refractivity contribution >= 4 is 39.2 Å². The second kappa shape index (κ2) is 6.88. The fourth-order valence-corrected chi connectivity index (χ4v) is 4.16.